The van der Waals surface area contributed by atoms with E-state index in [0.717, 1.165) is 11.1 Å². The van der Waals surface area contributed by atoms with E-state index >= 15 is 0 Å². The molecule has 2 aromatic carbocycles. The highest BCUT2D eigenvalue weighted by molar-refractivity contribution is 7.89. The molecule has 1 heterocycles. The number of aromatic hydroxyl groups is 1. The molecule has 1 aliphatic heterocycles. The average molecular weight is 448 g/mol. The van der Waals surface area contributed by atoms with Crippen LogP contribution in [0.4, 0.5) is 0 Å². The topological polar surface area (TPSA) is 66.8 Å². The first-order chi connectivity index (χ1) is 13.8. The van der Waals surface area contributed by atoms with Gasteiger partial charge in [0.1, 0.15) is 5.75 Å². The number of sulfonamides is 1. The molecule has 0 aliphatic carbocycles. The van der Waals surface area contributed by atoms with Crippen molar-refractivity contribution in [3.05, 3.63) is 59.2 Å². The van der Waals surface area contributed by atoms with Crippen LogP contribution in [0, 0.1) is 6.92 Å². The number of hydrogen-bond donors (Lipinski definition) is 1. The Morgan fingerprint density at radius 3 is 2.37 bits per heavy atom. The van der Waals surface area contributed by atoms with Gasteiger partial charge in [0.05, 0.1) is 17.5 Å². The molecule has 164 valence electrons. The lowest BCUT2D eigenvalue weighted by molar-refractivity contribution is 0.176. The quantitative estimate of drug-likeness (QED) is 0.666. The van der Waals surface area contributed by atoms with Gasteiger partial charge >= 0.3 is 0 Å². The third-order valence-corrected chi connectivity index (χ3v) is 13.0. The van der Waals surface area contributed by atoms with E-state index < -0.39 is 18.3 Å². The SMILES string of the molecule is Cc1ccc2c(c1O)CN(S(=O)(=O)c1ccccc1)[C@@H](CO[Si](C)(C)C(C)(C)C)C2. The molecule has 0 saturated carbocycles. The van der Waals surface area contributed by atoms with Crippen LogP contribution in [-0.4, -0.2) is 38.8 Å². The molecule has 0 spiro atoms. The number of nitrogens with zero attached hydrogens (tertiary/aromatic N) is 1. The Morgan fingerprint density at radius 1 is 1.13 bits per heavy atom. The Bertz CT molecular complexity index is 1010. The van der Waals surface area contributed by atoms with E-state index in [9.17, 15) is 13.5 Å². The van der Waals surface area contributed by atoms with Gasteiger partial charge in [-0.05, 0) is 54.7 Å². The summed E-state index contributed by atoms with van der Waals surface area (Å²) < 4.78 is 35.0. The first-order valence-electron chi connectivity index (χ1n) is 10.4. The smallest absolute Gasteiger partial charge is 0.243 e. The summed E-state index contributed by atoms with van der Waals surface area (Å²) in [5.74, 6) is 0.185. The van der Waals surface area contributed by atoms with Gasteiger partial charge in [0, 0.05) is 12.1 Å². The van der Waals surface area contributed by atoms with Gasteiger partial charge in [-0.1, -0.05) is 51.1 Å². The molecule has 3 rings (SSSR count). The van der Waals surface area contributed by atoms with Crippen LogP contribution in [0.1, 0.15) is 37.5 Å². The number of aryl methyl sites for hydroxylation is 1. The van der Waals surface area contributed by atoms with Crippen LogP contribution < -0.4 is 0 Å². The number of phenols is 1. The summed E-state index contributed by atoms with van der Waals surface area (Å²) in [6.07, 6.45) is 0.518. The molecule has 0 saturated heterocycles. The molecule has 30 heavy (non-hydrogen) atoms. The van der Waals surface area contributed by atoms with Crippen molar-refractivity contribution in [2.45, 2.75) is 69.7 Å². The Morgan fingerprint density at radius 2 is 1.77 bits per heavy atom. The molecule has 1 atom stereocenters. The monoisotopic (exact) mass is 447 g/mol. The molecule has 5 nitrogen and oxygen atoms in total. The number of fused-ring (bicyclic) bond motifs is 1. The zero-order chi connectivity index (χ0) is 22.3. The lowest BCUT2D eigenvalue weighted by atomic mass is 9.93. The van der Waals surface area contributed by atoms with E-state index in [1.165, 1.54) is 4.31 Å². The molecule has 7 heteroatoms. The highest BCUT2D eigenvalue weighted by Gasteiger charge is 2.41. The van der Waals surface area contributed by atoms with Crippen molar-refractivity contribution in [2.24, 2.45) is 0 Å². The minimum Gasteiger partial charge on any atom is -0.507 e. The van der Waals surface area contributed by atoms with Crippen molar-refractivity contribution in [3.8, 4) is 5.75 Å². The van der Waals surface area contributed by atoms with E-state index in [1.54, 1.807) is 30.3 Å². The third kappa shape index (κ3) is 4.35. The van der Waals surface area contributed by atoms with Crippen LogP contribution in [0.2, 0.25) is 18.1 Å². The van der Waals surface area contributed by atoms with Crippen LogP contribution in [0.15, 0.2) is 47.4 Å². The second-order valence-electron chi connectivity index (χ2n) is 9.66. The molecule has 1 aliphatic rings. The molecule has 2 aromatic rings. The zero-order valence-corrected chi connectivity index (χ0v) is 20.6. The fraction of sp³-hybridized carbons (Fsp3) is 0.478. The van der Waals surface area contributed by atoms with Gasteiger partial charge in [-0.15, -0.1) is 0 Å². The van der Waals surface area contributed by atoms with E-state index in [-0.39, 0.29) is 28.3 Å². The van der Waals surface area contributed by atoms with Crippen molar-refractivity contribution >= 4 is 18.3 Å². The molecule has 0 radical (unpaired) electrons. The highest BCUT2D eigenvalue weighted by atomic mass is 32.2. The largest absolute Gasteiger partial charge is 0.507 e. The lowest BCUT2D eigenvalue weighted by Gasteiger charge is -2.41. The molecule has 0 aromatic heterocycles. The van der Waals surface area contributed by atoms with Crippen molar-refractivity contribution < 1.29 is 18.0 Å². The molecule has 1 N–H and O–H groups in total. The maximum Gasteiger partial charge on any atom is 0.243 e. The van der Waals surface area contributed by atoms with Gasteiger partial charge in [-0.3, -0.25) is 0 Å². The molecular weight excluding hydrogens is 414 g/mol. The molecular formula is C23H33NO4SSi. The summed E-state index contributed by atoms with van der Waals surface area (Å²) in [7, 11) is -5.77. The van der Waals surface area contributed by atoms with Crippen molar-refractivity contribution in [2.75, 3.05) is 6.61 Å². The Kier molecular flexibility index (Phi) is 6.22. The van der Waals surface area contributed by atoms with Crippen LogP contribution in [0.3, 0.4) is 0 Å². The Balaban J connectivity index is 2.00. The maximum absolute atomic E-state index is 13.5. The molecule has 0 amide bonds. The summed E-state index contributed by atoms with van der Waals surface area (Å²) in [5, 5.41) is 10.6. The standard InChI is InChI=1S/C23H33NO4SSi/c1-17-12-13-18-14-19(16-28-30(5,6)23(2,3)4)24(15-21(18)22(17)25)29(26,27)20-10-8-7-9-11-20/h7-13,19,25H,14-16H2,1-6H3/t19-/m1/s1. The van der Waals surface area contributed by atoms with Crippen LogP contribution >= 0.6 is 0 Å². The van der Waals surface area contributed by atoms with E-state index in [4.69, 9.17) is 4.43 Å². The van der Waals surface area contributed by atoms with E-state index in [2.05, 4.69) is 33.9 Å². The van der Waals surface area contributed by atoms with Crippen LogP contribution in [-0.2, 0) is 27.4 Å². The fourth-order valence-electron chi connectivity index (χ4n) is 3.48. The number of hydrogen-bond acceptors (Lipinski definition) is 4. The van der Waals surface area contributed by atoms with Crippen molar-refractivity contribution in [1.82, 2.24) is 4.31 Å². The van der Waals surface area contributed by atoms with Crippen LogP contribution in [0.5, 0.6) is 5.75 Å². The Labute approximate surface area is 181 Å². The average Bonchev–Trinajstić information content (AvgIpc) is 2.68. The molecule has 0 unspecified atom stereocenters. The van der Waals surface area contributed by atoms with Gasteiger partial charge in [-0.2, -0.15) is 4.31 Å². The highest BCUT2D eigenvalue weighted by Crippen LogP contribution is 2.39. The van der Waals surface area contributed by atoms with Gasteiger partial charge in [0.25, 0.3) is 0 Å². The van der Waals surface area contributed by atoms with E-state index in [0.29, 0.717) is 18.6 Å². The minimum atomic E-state index is -3.73. The van der Waals surface area contributed by atoms with Gasteiger partial charge < -0.3 is 9.53 Å². The maximum atomic E-state index is 13.5. The van der Waals surface area contributed by atoms with E-state index in [1.807, 2.05) is 19.1 Å². The predicted molar refractivity (Wildman–Crippen MR) is 123 cm³/mol. The first-order valence-corrected chi connectivity index (χ1v) is 14.7. The molecule has 0 fully saturated rings. The zero-order valence-electron chi connectivity index (χ0n) is 18.8. The number of benzene rings is 2. The van der Waals surface area contributed by atoms with Crippen molar-refractivity contribution in [1.29, 1.82) is 0 Å². The molecule has 0 bridgehead atoms. The van der Waals surface area contributed by atoms with Gasteiger partial charge in [0.2, 0.25) is 10.0 Å². The normalized spacial score (nSPS) is 18.3. The first kappa shape index (κ1) is 23.0. The summed E-state index contributed by atoms with van der Waals surface area (Å²) in [5.41, 5.74) is 2.43. The minimum absolute atomic E-state index is 0.0398. The second kappa shape index (κ2) is 8.11. The fourth-order valence-corrected chi connectivity index (χ4v) is 6.12. The second-order valence-corrected chi connectivity index (χ2v) is 16.4. The summed E-state index contributed by atoms with van der Waals surface area (Å²) >= 11 is 0. The lowest BCUT2D eigenvalue weighted by Crippen LogP contribution is -2.50. The van der Waals surface area contributed by atoms with Crippen molar-refractivity contribution in [3.63, 3.8) is 0 Å². The number of phenolic OH excluding ortho intramolecular Hbond substituents is 1. The van der Waals surface area contributed by atoms with Gasteiger partial charge in [-0.25, -0.2) is 8.42 Å². The Hall–Kier alpha value is -1.67. The summed E-state index contributed by atoms with van der Waals surface area (Å²) in [6, 6.07) is 12.1. The van der Waals surface area contributed by atoms with Gasteiger partial charge in [0.15, 0.2) is 8.32 Å². The summed E-state index contributed by atoms with van der Waals surface area (Å²) in [6.45, 7) is 13.2. The predicted octanol–water partition coefficient (Wildman–Crippen LogP) is 4.84. The number of rotatable bonds is 5. The summed E-state index contributed by atoms with van der Waals surface area (Å²) in [4.78, 5) is 0.262. The third-order valence-electron chi connectivity index (χ3n) is 6.55. The van der Waals surface area contributed by atoms with Crippen LogP contribution in [0.25, 0.3) is 0 Å².